The quantitative estimate of drug-likeness (QED) is 0.546. The Labute approximate surface area is 187 Å². The van der Waals surface area contributed by atoms with Gasteiger partial charge in [-0.25, -0.2) is 0 Å². The zero-order chi connectivity index (χ0) is 19.2. The molecule has 0 radical (unpaired) electrons. The Bertz CT molecular complexity index is 989. The van der Waals surface area contributed by atoms with Crippen LogP contribution in [0.15, 0.2) is 66.0 Å². The molecular formula is C20H15N2NaO4S. The smallest absolute Gasteiger partial charge is 0.550 e. The van der Waals surface area contributed by atoms with E-state index in [4.69, 9.17) is 0 Å². The van der Waals surface area contributed by atoms with Gasteiger partial charge < -0.3 is 20.5 Å². The van der Waals surface area contributed by atoms with E-state index in [2.05, 4.69) is 10.6 Å². The maximum Gasteiger partial charge on any atom is 1.00 e. The summed E-state index contributed by atoms with van der Waals surface area (Å²) in [6.07, 6.45) is -0.228. The maximum atomic E-state index is 12.5. The average molecular weight is 402 g/mol. The van der Waals surface area contributed by atoms with Crippen molar-refractivity contribution in [2.24, 2.45) is 0 Å². The van der Waals surface area contributed by atoms with Crippen molar-refractivity contribution in [2.45, 2.75) is 6.42 Å². The summed E-state index contributed by atoms with van der Waals surface area (Å²) in [7, 11) is 0. The molecule has 28 heavy (non-hydrogen) atoms. The zero-order valence-corrected chi connectivity index (χ0v) is 17.9. The van der Waals surface area contributed by atoms with Gasteiger partial charge in [-0.3, -0.25) is 9.59 Å². The Morgan fingerprint density at radius 2 is 1.54 bits per heavy atom. The standard InChI is InChI=1S/C20H16N2O4S.Na/c23-18(24)11-13-4-1-6-15(10-13)21-19(25)14-5-2-7-16(12-14)22-20(26)17-8-3-9-27-17;/h1-10,12H,11H2,(H,21,25)(H,22,26)(H,23,24);/q;+1/p-1. The monoisotopic (exact) mass is 402 g/mol. The van der Waals surface area contributed by atoms with Crippen LogP contribution in [0.2, 0.25) is 0 Å². The van der Waals surface area contributed by atoms with Crippen molar-refractivity contribution in [3.8, 4) is 0 Å². The van der Waals surface area contributed by atoms with Crippen LogP contribution in [0.1, 0.15) is 25.6 Å². The number of hydrogen-bond acceptors (Lipinski definition) is 5. The minimum absolute atomic E-state index is 0. The molecule has 3 aromatic rings. The molecular weight excluding hydrogens is 387 g/mol. The third-order valence-corrected chi connectivity index (χ3v) is 4.53. The molecule has 0 saturated carbocycles. The van der Waals surface area contributed by atoms with Crippen molar-refractivity contribution in [3.05, 3.63) is 82.0 Å². The Morgan fingerprint density at radius 1 is 0.857 bits per heavy atom. The first-order valence-electron chi connectivity index (χ1n) is 8.06. The minimum atomic E-state index is -1.19. The molecule has 0 fully saturated rings. The molecule has 3 rings (SSSR count). The molecule has 0 unspecified atom stereocenters. The van der Waals surface area contributed by atoms with Crippen molar-refractivity contribution in [2.75, 3.05) is 10.6 Å². The van der Waals surface area contributed by atoms with Gasteiger partial charge in [0.1, 0.15) is 0 Å². The van der Waals surface area contributed by atoms with Gasteiger partial charge in [-0.1, -0.05) is 24.3 Å². The van der Waals surface area contributed by atoms with E-state index >= 15 is 0 Å². The fourth-order valence-electron chi connectivity index (χ4n) is 2.47. The largest absolute Gasteiger partial charge is 1.00 e. The number of amides is 2. The van der Waals surface area contributed by atoms with E-state index in [1.165, 1.54) is 11.3 Å². The zero-order valence-electron chi connectivity index (χ0n) is 15.1. The van der Waals surface area contributed by atoms with E-state index in [9.17, 15) is 19.5 Å². The van der Waals surface area contributed by atoms with Crippen LogP contribution in [0, 0.1) is 0 Å². The molecule has 0 bridgehead atoms. The Hall–Kier alpha value is -2.45. The summed E-state index contributed by atoms with van der Waals surface area (Å²) < 4.78 is 0. The summed E-state index contributed by atoms with van der Waals surface area (Å²) in [6, 6.07) is 16.6. The van der Waals surface area contributed by atoms with Crippen LogP contribution >= 0.6 is 11.3 Å². The summed E-state index contributed by atoms with van der Waals surface area (Å²) in [5, 5.41) is 18.0. The van der Waals surface area contributed by atoms with Crippen LogP contribution < -0.4 is 45.3 Å². The van der Waals surface area contributed by atoms with E-state index in [0.29, 0.717) is 27.4 Å². The second-order valence-corrected chi connectivity index (χ2v) is 6.66. The molecule has 2 N–H and O–H groups in total. The number of hydrogen-bond donors (Lipinski definition) is 2. The predicted molar refractivity (Wildman–Crippen MR) is 102 cm³/mol. The number of carboxylic acid groups (broad SMARTS) is 1. The molecule has 0 atom stereocenters. The van der Waals surface area contributed by atoms with E-state index in [0.717, 1.165) is 0 Å². The number of nitrogens with one attached hydrogen (secondary N) is 2. The van der Waals surface area contributed by atoms with Gasteiger partial charge in [0.2, 0.25) is 0 Å². The second-order valence-electron chi connectivity index (χ2n) is 5.72. The fourth-order valence-corrected chi connectivity index (χ4v) is 3.09. The molecule has 8 heteroatoms. The number of anilines is 2. The van der Waals surface area contributed by atoms with Crippen molar-refractivity contribution in [1.82, 2.24) is 0 Å². The fraction of sp³-hybridized carbons (Fsp3) is 0.0500. The molecule has 0 saturated heterocycles. The third kappa shape index (κ3) is 6.03. The minimum Gasteiger partial charge on any atom is -0.550 e. The summed E-state index contributed by atoms with van der Waals surface area (Å²) in [5.74, 6) is -1.79. The SMILES string of the molecule is O=C([O-])Cc1cccc(NC(=O)c2cccc(NC(=O)c3cccs3)c2)c1.[Na+]. The molecule has 2 aromatic carbocycles. The van der Waals surface area contributed by atoms with E-state index in [1.807, 2.05) is 5.38 Å². The van der Waals surface area contributed by atoms with E-state index in [-0.39, 0.29) is 47.8 Å². The van der Waals surface area contributed by atoms with Crippen LogP contribution in [-0.4, -0.2) is 17.8 Å². The van der Waals surface area contributed by atoms with Crippen molar-refractivity contribution in [3.63, 3.8) is 0 Å². The number of rotatable bonds is 6. The number of carbonyl (C=O) groups excluding carboxylic acids is 3. The molecule has 136 valence electrons. The molecule has 0 aliphatic carbocycles. The van der Waals surface area contributed by atoms with Gasteiger partial charge in [0, 0.05) is 29.3 Å². The first kappa shape index (κ1) is 21.8. The van der Waals surface area contributed by atoms with Crippen molar-refractivity contribution < 1.29 is 49.0 Å². The van der Waals surface area contributed by atoms with E-state index < -0.39 is 5.97 Å². The predicted octanol–water partition coefficient (Wildman–Crippen LogP) is -0.451. The Morgan fingerprint density at radius 3 is 2.21 bits per heavy atom. The van der Waals surface area contributed by atoms with Crippen LogP contribution in [0.5, 0.6) is 0 Å². The molecule has 2 amide bonds. The van der Waals surface area contributed by atoms with Gasteiger partial charge in [-0.2, -0.15) is 0 Å². The van der Waals surface area contributed by atoms with Gasteiger partial charge in [0.15, 0.2) is 0 Å². The summed E-state index contributed by atoms with van der Waals surface area (Å²) in [5.41, 5.74) is 1.88. The summed E-state index contributed by atoms with van der Waals surface area (Å²) in [6.45, 7) is 0. The summed E-state index contributed by atoms with van der Waals surface area (Å²) in [4.78, 5) is 35.9. The topological polar surface area (TPSA) is 98.3 Å². The van der Waals surface area contributed by atoms with Gasteiger partial charge in [0.05, 0.1) is 4.88 Å². The Balaban J connectivity index is 0.00000280. The van der Waals surface area contributed by atoms with Gasteiger partial charge in [0.25, 0.3) is 11.8 Å². The van der Waals surface area contributed by atoms with Crippen LogP contribution in [0.25, 0.3) is 0 Å². The second kappa shape index (κ2) is 10.2. The average Bonchev–Trinajstić information content (AvgIpc) is 3.16. The van der Waals surface area contributed by atoms with Crippen LogP contribution in [0.3, 0.4) is 0 Å². The van der Waals surface area contributed by atoms with Crippen LogP contribution in [0.4, 0.5) is 11.4 Å². The molecule has 6 nitrogen and oxygen atoms in total. The molecule has 1 heterocycles. The van der Waals surface area contributed by atoms with Gasteiger partial charge in [-0.05, 0) is 47.3 Å². The number of thiophene rings is 1. The molecule has 0 spiro atoms. The number of aliphatic carboxylic acids is 1. The van der Waals surface area contributed by atoms with Gasteiger partial charge in [-0.15, -0.1) is 11.3 Å². The molecule has 0 aliphatic rings. The normalized spacial score (nSPS) is 9.86. The number of carboxylic acids is 1. The summed E-state index contributed by atoms with van der Waals surface area (Å²) >= 11 is 1.33. The first-order chi connectivity index (χ1) is 13.0. The first-order valence-corrected chi connectivity index (χ1v) is 8.94. The maximum absolute atomic E-state index is 12.5. The third-order valence-electron chi connectivity index (χ3n) is 3.66. The Kier molecular flexibility index (Phi) is 7.95. The molecule has 1 aromatic heterocycles. The van der Waals surface area contributed by atoms with Gasteiger partial charge >= 0.3 is 29.6 Å². The van der Waals surface area contributed by atoms with Crippen molar-refractivity contribution >= 4 is 40.5 Å². The van der Waals surface area contributed by atoms with Crippen molar-refractivity contribution in [1.29, 1.82) is 0 Å². The molecule has 0 aliphatic heterocycles. The number of benzene rings is 2. The number of carbonyl (C=O) groups is 3. The van der Waals surface area contributed by atoms with E-state index in [1.54, 1.807) is 60.7 Å². The van der Waals surface area contributed by atoms with Crippen LogP contribution in [-0.2, 0) is 11.2 Å².